The molecule has 3 aliphatic heterocycles. The van der Waals surface area contributed by atoms with Crippen molar-refractivity contribution in [3.63, 3.8) is 0 Å². The van der Waals surface area contributed by atoms with Crippen LogP contribution in [-0.2, 0) is 9.59 Å². The Kier molecular flexibility index (Phi) is 4.96. The number of piperazine rings is 1. The van der Waals surface area contributed by atoms with Gasteiger partial charge in [-0.2, -0.15) is 0 Å². The first-order valence-electron chi connectivity index (χ1n) is 9.78. The van der Waals surface area contributed by atoms with E-state index >= 15 is 0 Å². The highest BCUT2D eigenvalue weighted by atomic mass is 16.2. The molecule has 0 aliphatic carbocycles. The van der Waals surface area contributed by atoms with Gasteiger partial charge in [-0.05, 0) is 50.6 Å². The number of piperidine rings is 1. The van der Waals surface area contributed by atoms with Crippen molar-refractivity contribution in [2.45, 2.75) is 31.7 Å². The summed E-state index contributed by atoms with van der Waals surface area (Å²) < 4.78 is 0. The van der Waals surface area contributed by atoms with Crippen LogP contribution in [0, 0.1) is 0 Å². The molecule has 4 rings (SSSR count). The number of nitrogens with zero attached hydrogens (tertiary/aromatic N) is 4. The molecule has 0 radical (unpaired) electrons. The summed E-state index contributed by atoms with van der Waals surface area (Å²) in [5.41, 5.74) is 1.89. The quantitative estimate of drug-likeness (QED) is 0.769. The summed E-state index contributed by atoms with van der Waals surface area (Å²) in [6.07, 6.45) is 4.07. The van der Waals surface area contributed by atoms with Gasteiger partial charge < -0.3 is 9.80 Å². The van der Waals surface area contributed by atoms with Gasteiger partial charge in [-0.1, -0.05) is 0 Å². The average molecular weight is 356 g/mol. The molecular weight excluding hydrogens is 328 g/mol. The molecule has 3 saturated heterocycles. The third-order valence-corrected chi connectivity index (χ3v) is 5.93. The van der Waals surface area contributed by atoms with Crippen molar-refractivity contribution in [3.05, 3.63) is 24.3 Å². The first kappa shape index (κ1) is 17.5. The minimum atomic E-state index is -0.294. The molecule has 26 heavy (non-hydrogen) atoms. The lowest BCUT2D eigenvalue weighted by atomic mass is 10.1. The van der Waals surface area contributed by atoms with E-state index in [2.05, 4.69) is 21.7 Å². The van der Waals surface area contributed by atoms with Crippen molar-refractivity contribution in [1.29, 1.82) is 0 Å². The molecule has 3 aliphatic rings. The van der Waals surface area contributed by atoms with Crippen molar-refractivity contribution in [2.24, 2.45) is 0 Å². The second kappa shape index (κ2) is 7.37. The van der Waals surface area contributed by atoms with E-state index in [-0.39, 0.29) is 17.9 Å². The molecule has 0 saturated carbocycles. The van der Waals surface area contributed by atoms with Crippen LogP contribution in [0.2, 0.25) is 0 Å². The molecule has 0 bridgehead atoms. The largest absolute Gasteiger partial charge is 0.372 e. The number of benzene rings is 1. The Morgan fingerprint density at radius 2 is 1.42 bits per heavy atom. The smallest absolute Gasteiger partial charge is 0.251 e. The van der Waals surface area contributed by atoms with Gasteiger partial charge in [0.2, 0.25) is 5.91 Å². The molecular formula is C20H28N4O2. The van der Waals surface area contributed by atoms with Crippen molar-refractivity contribution < 1.29 is 9.59 Å². The van der Waals surface area contributed by atoms with Gasteiger partial charge in [0, 0.05) is 45.0 Å². The molecule has 0 N–H and O–H groups in total. The van der Waals surface area contributed by atoms with Gasteiger partial charge in [0.15, 0.2) is 0 Å². The topological polar surface area (TPSA) is 47.1 Å². The molecule has 0 unspecified atom stereocenters. The molecule has 1 atom stereocenters. The normalized spacial score (nSPS) is 26.0. The molecule has 6 heteroatoms. The van der Waals surface area contributed by atoms with E-state index in [4.69, 9.17) is 0 Å². The van der Waals surface area contributed by atoms with E-state index in [1.165, 1.54) is 29.8 Å². The molecule has 6 nitrogen and oxygen atoms in total. The Hall–Kier alpha value is -1.92. The maximum absolute atomic E-state index is 12.9. The third kappa shape index (κ3) is 3.35. The average Bonchev–Trinajstić information content (AvgIpc) is 2.97. The Morgan fingerprint density at radius 1 is 0.808 bits per heavy atom. The molecule has 2 amide bonds. The van der Waals surface area contributed by atoms with Gasteiger partial charge in [-0.15, -0.1) is 0 Å². The van der Waals surface area contributed by atoms with Gasteiger partial charge in [0.25, 0.3) is 5.91 Å². The summed E-state index contributed by atoms with van der Waals surface area (Å²) in [5, 5.41) is 0. The van der Waals surface area contributed by atoms with E-state index in [1.54, 1.807) is 0 Å². The fourth-order valence-electron chi connectivity index (χ4n) is 4.27. The molecule has 0 spiro atoms. The highest BCUT2D eigenvalue weighted by molar-refractivity contribution is 6.22. The van der Waals surface area contributed by atoms with Crippen LogP contribution in [0.4, 0.5) is 11.4 Å². The SMILES string of the molecule is CN1CCN([C@H]2CC(=O)N(c3ccc(N4CCCCC4)cc3)C2=O)CC1. The highest BCUT2D eigenvalue weighted by Gasteiger charge is 2.43. The summed E-state index contributed by atoms with van der Waals surface area (Å²) in [6.45, 7) is 5.77. The van der Waals surface area contributed by atoms with Crippen LogP contribution < -0.4 is 9.80 Å². The van der Waals surface area contributed by atoms with E-state index < -0.39 is 0 Å². The van der Waals surface area contributed by atoms with Crippen molar-refractivity contribution in [2.75, 3.05) is 56.1 Å². The molecule has 3 heterocycles. The van der Waals surface area contributed by atoms with E-state index in [9.17, 15) is 9.59 Å². The zero-order valence-electron chi connectivity index (χ0n) is 15.6. The predicted molar refractivity (Wildman–Crippen MR) is 102 cm³/mol. The Morgan fingerprint density at radius 3 is 2.08 bits per heavy atom. The van der Waals surface area contributed by atoms with Crippen molar-refractivity contribution >= 4 is 23.2 Å². The summed E-state index contributed by atoms with van der Waals surface area (Å²) in [7, 11) is 2.09. The van der Waals surface area contributed by atoms with E-state index in [1.807, 2.05) is 24.3 Å². The van der Waals surface area contributed by atoms with Crippen molar-refractivity contribution in [3.8, 4) is 0 Å². The Labute approximate surface area is 155 Å². The molecule has 1 aromatic carbocycles. The lowest BCUT2D eigenvalue weighted by Gasteiger charge is -2.35. The molecule has 140 valence electrons. The monoisotopic (exact) mass is 356 g/mol. The summed E-state index contributed by atoms with van der Waals surface area (Å²) >= 11 is 0. The number of anilines is 2. The van der Waals surface area contributed by atoms with Crippen LogP contribution >= 0.6 is 0 Å². The van der Waals surface area contributed by atoms with Crippen LogP contribution in [0.25, 0.3) is 0 Å². The van der Waals surface area contributed by atoms with Gasteiger partial charge in [-0.3, -0.25) is 14.5 Å². The number of hydrogen-bond donors (Lipinski definition) is 0. The van der Waals surface area contributed by atoms with Crippen LogP contribution in [0.15, 0.2) is 24.3 Å². The van der Waals surface area contributed by atoms with Gasteiger partial charge in [0.05, 0.1) is 18.2 Å². The Balaban J connectivity index is 1.46. The van der Waals surface area contributed by atoms with Gasteiger partial charge in [0.1, 0.15) is 0 Å². The minimum absolute atomic E-state index is 0.0646. The maximum Gasteiger partial charge on any atom is 0.251 e. The summed E-state index contributed by atoms with van der Waals surface area (Å²) in [5.74, 6) is -0.144. The minimum Gasteiger partial charge on any atom is -0.372 e. The fourth-order valence-corrected chi connectivity index (χ4v) is 4.27. The van der Waals surface area contributed by atoms with Crippen LogP contribution in [-0.4, -0.2) is 74.0 Å². The lowest BCUT2D eigenvalue weighted by molar-refractivity contribution is -0.123. The number of rotatable bonds is 3. The van der Waals surface area contributed by atoms with E-state index in [0.29, 0.717) is 12.1 Å². The van der Waals surface area contributed by atoms with Crippen LogP contribution in [0.3, 0.4) is 0 Å². The number of carbonyl (C=O) groups is 2. The zero-order valence-corrected chi connectivity index (χ0v) is 15.6. The number of hydrogen-bond acceptors (Lipinski definition) is 5. The zero-order chi connectivity index (χ0) is 18.1. The van der Waals surface area contributed by atoms with Crippen LogP contribution in [0.5, 0.6) is 0 Å². The standard InChI is InChI=1S/C20H28N4O2/c1-21-11-13-23(14-12-21)18-15-19(25)24(20(18)26)17-7-5-16(6-8-17)22-9-3-2-4-10-22/h5-8,18H,2-4,9-15H2,1H3/t18-/m0/s1. The number of amides is 2. The second-order valence-corrected chi connectivity index (χ2v) is 7.69. The number of carbonyl (C=O) groups excluding carboxylic acids is 2. The fraction of sp³-hybridized carbons (Fsp3) is 0.600. The second-order valence-electron chi connectivity index (χ2n) is 7.69. The number of likely N-dealkylation sites (N-methyl/N-ethyl adjacent to an activating group) is 1. The van der Waals surface area contributed by atoms with E-state index in [0.717, 1.165) is 39.3 Å². The molecule has 0 aromatic heterocycles. The molecule has 1 aromatic rings. The first-order chi connectivity index (χ1) is 12.6. The Bertz CT molecular complexity index is 661. The summed E-state index contributed by atoms with van der Waals surface area (Å²) in [6, 6.07) is 7.64. The lowest BCUT2D eigenvalue weighted by Crippen LogP contribution is -2.51. The van der Waals surface area contributed by atoms with Crippen LogP contribution in [0.1, 0.15) is 25.7 Å². The third-order valence-electron chi connectivity index (χ3n) is 5.93. The van der Waals surface area contributed by atoms with Gasteiger partial charge in [-0.25, -0.2) is 4.90 Å². The maximum atomic E-state index is 12.9. The predicted octanol–water partition coefficient (Wildman–Crippen LogP) is 1.56. The highest BCUT2D eigenvalue weighted by Crippen LogP contribution is 2.29. The first-order valence-corrected chi connectivity index (χ1v) is 9.78. The molecule has 3 fully saturated rings. The summed E-state index contributed by atoms with van der Waals surface area (Å²) in [4.78, 5) is 33.7. The van der Waals surface area contributed by atoms with Gasteiger partial charge >= 0.3 is 0 Å². The number of imide groups is 1. The van der Waals surface area contributed by atoms with Crippen molar-refractivity contribution in [1.82, 2.24) is 9.80 Å².